The van der Waals surface area contributed by atoms with Gasteiger partial charge in [0.15, 0.2) is 0 Å². The van der Waals surface area contributed by atoms with E-state index in [4.69, 9.17) is 6.42 Å². The van der Waals surface area contributed by atoms with Crippen LogP contribution < -0.4 is 0 Å². The van der Waals surface area contributed by atoms with Crippen LogP contribution in [0, 0.1) is 12.5 Å². The molecule has 7 heavy (non-hydrogen) atoms. The van der Waals surface area contributed by atoms with E-state index >= 15 is 0 Å². The molecule has 0 saturated heterocycles. The lowest BCUT2D eigenvalue weighted by molar-refractivity contribution is 0.133. The zero-order valence-corrected chi connectivity index (χ0v) is 4.23. The van der Waals surface area contributed by atoms with E-state index in [1.54, 1.807) is 13.2 Å². The summed E-state index contributed by atoms with van der Waals surface area (Å²) in [7, 11) is 1.58. The highest BCUT2D eigenvalue weighted by Gasteiger charge is 1.76. The Morgan fingerprint density at radius 1 is 1.57 bits per heavy atom. The van der Waals surface area contributed by atoms with Crippen LogP contribution >= 0.6 is 0 Å². The first-order chi connectivity index (χ1) is 3.41. The second kappa shape index (κ2) is 5.32. The Morgan fingerprint density at radius 3 is 2.71 bits per heavy atom. The lowest BCUT2D eigenvalue weighted by Gasteiger charge is -1.92. The molecule has 2 nitrogen and oxygen atoms in total. The van der Waals surface area contributed by atoms with Crippen molar-refractivity contribution < 1.29 is 9.47 Å². The molecule has 0 aliphatic carbocycles. The summed E-state index contributed by atoms with van der Waals surface area (Å²) in [4.78, 5) is 0. The molecule has 0 aliphatic rings. The van der Waals surface area contributed by atoms with Gasteiger partial charge in [0.2, 0.25) is 0 Å². The van der Waals surface area contributed by atoms with Crippen LogP contribution in [0.2, 0.25) is 0 Å². The van der Waals surface area contributed by atoms with Gasteiger partial charge in [-0.05, 0) is 0 Å². The van der Waals surface area contributed by atoms with Crippen LogP contribution in [0.5, 0.6) is 0 Å². The van der Waals surface area contributed by atoms with Crippen LogP contribution in [0.25, 0.3) is 0 Å². The second-order valence-electron chi connectivity index (χ2n) is 0.943. The molecule has 2 heteroatoms. The highest BCUT2D eigenvalue weighted by Crippen LogP contribution is 1.68. The third-order valence-corrected chi connectivity index (χ3v) is 0.462. The molecule has 0 aromatic carbocycles. The van der Waals surface area contributed by atoms with E-state index < -0.39 is 0 Å². The third-order valence-electron chi connectivity index (χ3n) is 0.462. The van der Waals surface area contributed by atoms with Gasteiger partial charge < -0.3 is 9.47 Å². The molecule has 0 unspecified atom stereocenters. The predicted molar refractivity (Wildman–Crippen MR) is 25.0 cm³/mol. The normalized spacial score (nSPS) is 7.43. The summed E-state index contributed by atoms with van der Waals surface area (Å²) in [6, 6.07) is 0. The lowest BCUT2D eigenvalue weighted by Crippen LogP contribution is -1.96. The molecule has 0 saturated carbocycles. The quantitative estimate of drug-likeness (QED) is 0.371. The fraction of sp³-hybridized carbons (Fsp3) is 0.600. The molecule has 0 aromatic rings. The molecule has 0 fully saturated rings. The van der Waals surface area contributed by atoms with Gasteiger partial charge >= 0.3 is 0 Å². The molecule has 0 amide bonds. The van der Waals surface area contributed by atoms with Gasteiger partial charge in [-0.25, -0.2) is 0 Å². The van der Waals surface area contributed by atoms with Gasteiger partial charge in [-0.2, -0.15) is 0 Å². The van der Waals surface area contributed by atoms with Crippen LogP contribution in [0.15, 0.2) is 0 Å². The number of hydrogen-bond donors (Lipinski definition) is 0. The van der Waals surface area contributed by atoms with Gasteiger partial charge in [-0.15, -0.1) is 0 Å². The molecule has 0 rings (SSSR count). The number of ether oxygens (including phenoxy) is 2. The number of hydrogen-bond acceptors (Lipinski definition) is 2. The standard InChI is InChI=1S/C5H7O2/c1-3-7-5-4-6-2/h4-5H2,2H3. The Kier molecular flexibility index (Phi) is 4.80. The monoisotopic (exact) mass is 99.0 g/mol. The Bertz CT molecular complexity index is 63.0. The van der Waals surface area contributed by atoms with Crippen molar-refractivity contribution in [3.05, 3.63) is 6.42 Å². The first kappa shape index (κ1) is 6.32. The molecule has 0 heterocycles. The Morgan fingerprint density at radius 2 is 2.29 bits per heavy atom. The largest absolute Gasteiger partial charge is 0.443 e. The minimum absolute atomic E-state index is 0.417. The maximum Gasteiger partial charge on any atom is 0.124 e. The lowest BCUT2D eigenvalue weighted by atomic mass is 10.8. The molecule has 39 valence electrons. The molecule has 0 aromatic heterocycles. The first-order valence-electron chi connectivity index (χ1n) is 1.94. The Balaban J connectivity index is 2.60. The maximum absolute atomic E-state index is 6.25. The molecular weight excluding hydrogens is 92.1 g/mol. The fourth-order valence-electron chi connectivity index (χ4n) is 0.176. The van der Waals surface area contributed by atoms with E-state index in [2.05, 4.69) is 9.47 Å². The van der Waals surface area contributed by atoms with E-state index in [1.807, 2.05) is 0 Å². The van der Waals surface area contributed by atoms with E-state index in [1.165, 1.54) is 0 Å². The van der Waals surface area contributed by atoms with Crippen molar-refractivity contribution in [1.82, 2.24) is 0 Å². The minimum atomic E-state index is 0.417. The van der Waals surface area contributed by atoms with Crippen molar-refractivity contribution in [2.24, 2.45) is 0 Å². The summed E-state index contributed by atoms with van der Waals surface area (Å²) in [5.41, 5.74) is 0. The van der Waals surface area contributed by atoms with E-state index in [9.17, 15) is 0 Å². The average molecular weight is 99.1 g/mol. The SMILES string of the molecule is [C]#COCCOC. The van der Waals surface area contributed by atoms with Crippen molar-refractivity contribution in [2.75, 3.05) is 20.3 Å². The van der Waals surface area contributed by atoms with Gasteiger partial charge in [0.1, 0.15) is 12.7 Å². The van der Waals surface area contributed by atoms with E-state index in [0.717, 1.165) is 0 Å². The van der Waals surface area contributed by atoms with Crippen molar-refractivity contribution in [2.45, 2.75) is 0 Å². The molecule has 1 radical (unpaired) electrons. The fourth-order valence-corrected chi connectivity index (χ4v) is 0.176. The van der Waals surface area contributed by atoms with Crippen LogP contribution in [-0.4, -0.2) is 20.3 Å². The smallest absolute Gasteiger partial charge is 0.124 e. The van der Waals surface area contributed by atoms with Crippen LogP contribution in [0.4, 0.5) is 0 Å². The summed E-state index contributed by atoms with van der Waals surface area (Å²) in [6.45, 7) is 0.936. The van der Waals surface area contributed by atoms with Crippen LogP contribution in [0.3, 0.4) is 0 Å². The zero-order valence-electron chi connectivity index (χ0n) is 4.23. The van der Waals surface area contributed by atoms with Crippen molar-refractivity contribution in [3.63, 3.8) is 0 Å². The molecule has 0 aliphatic heterocycles. The topological polar surface area (TPSA) is 18.5 Å². The molecular formula is C5H7O2. The van der Waals surface area contributed by atoms with Crippen molar-refractivity contribution in [1.29, 1.82) is 0 Å². The summed E-state index contributed by atoms with van der Waals surface area (Å²) in [6.07, 6.45) is 8.03. The van der Waals surface area contributed by atoms with Gasteiger partial charge in [-0.3, -0.25) is 0 Å². The highest BCUT2D eigenvalue weighted by molar-refractivity contribution is 4.54. The molecule has 0 bridgehead atoms. The minimum Gasteiger partial charge on any atom is -0.443 e. The number of rotatable bonds is 3. The predicted octanol–water partition coefficient (Wildman–Crippen LogP) is 0.197. The third kappa shape index (κ3) is 5.32. The highest BCUT2D eigenvalue weighted by atomic mass is 16.5. The van der Waals surface area contributed by atoms with Crippen LogP contribution in [-0.2, 0) is 9.47 Å². The summed E-state index contributed by atoms with van der Waals surface area (Å²) < 4.78 is 8.96. The van der Waals surface area contributed by atoms with Crippen LogP contribution in [0.1, 0.15) is 0 Å². The number of methoxy groups -OCH3 is 1. The van der Waals surface area contributed by atoms with E-state index in [-0.39, 0.29) is 0 Å². The summed E-state index contributed by atoms with van der Waals surface area (Å²) >= 11 is 0. The van der Waals surface area contributed by atoms with Gasteiger partial charge in [0.25, 0.3) is 0 Å². The molecule has 0 N–H and O–H groups in total. The average Bonchev–Trinajstić information content (AvgIpc) is 1.69. The van der Waals surface area contributed by atoms with Gasteiger partial charge in [0.05, 0.1) is 6.61 Å². The van der Waals surface area contributed by atoms with E-state index in [0.29, 0.717) is 13.2 Å². The summed E-state index contributed by atoms with van der Waals surface area (Å²) in [5.74, 6) is 0. The second-order valence-corrected chi connectivity index (χ2v) is 0.943. The Labute approximate surface area is 43.4 Å². The van der Waals surface area contributed by atoms with Crippen molar-refractivity contribution >= 4 is 0 Å². The molecule has 0 spiro atoms. The summed E-state index contributed by atoms with van der Waals surface area (Å²) in [5, 5.41) is 0. The maximum atomic E-state index is 6.25. The Hall–Kier alpha value is -0.680. The zero-order chi connectivity index (χ0) is 5.54. The van der Waals surface area contributed by atoms with Crippen molar-refractivity contribution in [3.8, 4) is 6.11 Å². The molecule has 0 atom stereocenters. The van der Waals surface area contributed by atoms with Gasteiger partial charge in [-0.1, -0.05) is 0 Å². The van der Waals surface area contributed by atoms with Gasteiger partial charge in [0, 0.05) is 13.5 Å². The first-order valence-corrected chi connectivity index (χ1v) is 1.94.